The first-order valence-electron chi connectivity index (χ1n) is 11.4. The highest BCUT2D eigenvalue weighted by Crippen LogP contribution is 2.31. The van der Waals surface area contributed by atoms with Crippen LogP contribution in [-0.4, -0.2) is 57.3 Å². The molecule has 0 radical (unpaired) electrons. The SMILES string of the molecule is Fc1ccc(-c2ncn(CCCN3CCOCC3)c2-c2ccnc(Oc3ccccc3)n2)cc1. The smallest absolute Gasteiger partial charge is 0.322 e. The lowest BCUT2D eigenvalue weighted by atomic mass is 10.1. The summed E-state index contributed by atoms with van der Waals surface area (Å²) in [5.74, 6) is 0.383. The lowest BCUT2D eigenvalue weighted by Crippen LogP contribution is -2.37. The van der Waals surface area contributed by atoms with E-state index in [9.17, 15) is 4.39 Å². The molecule has 174 valence electrons. The number of para-hydroxylation sites is 1. The Morgan fingerprint density at radius 2 is 1.71 bits per heavy atom. The highest BCUT2D eigenvalue weighted by molar-refractivity contribution is 5.76. The molecule has 0 bridgehead atoms. The fraction of sp³-hybridized carbons (Fsp3) is 0.269. The summed E-state index contributed by atoms with van der Waals surface area (Å²) in [5.41, 5.74) is 3.13. The van der Waals surface area contributed by atoms with Gasteiger partial charge in [-0.05, 0) is 48.9 Å². The van der Waals surface area contributed by atoms with Crippen LogP contribution in [0.3, 0.4) is 0 Å². The third kappa shape index (κ3) is 5.30. The molecule has 0 aliphatic carbocycles. The van der Waals surface area contributed by atoms with Gasteiger partial charge in [-0.1, -0.05) is 18.2 Å². The van der Waals surface area contributed by atoms with Gasteiger partial charge in [-0.25, -0.2) is 14.4 Å². The maximum atomic E-state index is 13.6. The average molecular weight is 460 g/mol. The van der Waals surface area contributed by atoms with Gasteiger partial charge in [0.1, 0.15) is 11.6 Å². The number of ether oxygens (including phenoxy) is 2. The first kappa shape index (κ1) is 22.2. The van der Waals surface area contributed by atoms with E-state index in [1.165, 1.54) is 12.1 Å². The molecule has 0 spiro atoms. The number of halogens is 1. The lowest BCUT2D eigenvalue weighted by molar-refractivity contribution is 0.0369. The lowest BCUT2D eigenvalue weighted by Gasteiger charge is -2.26. The van der Waals surface area contributed by atoms with Gasteiger partial charge in [0, 0.05) is 37.9 Å². The Hall–Kier alpha value is -3.62. The van der Waals surface area contributed by atoms with Crippen molar-refractivity contribution in [1.29, 1.82) is 0 Å². The van der Waals surface area contributed by atoms with Gasteiger partial charge in [0.25, 0.3) is 0 Å². The van der Waals surface area contributed by atoms with Crippen LogP contribution in [0.4, 0.5) is 4.39 Å². The van der Waals surface area contributed by atoms with E-state index in [2.05, 4.69) is 24.4 Å². The summed E-state index contributed by atoms with van der Waals surface area (Å²) in [5, 5.41) is 0. The molecule has 1 aliphatic rings. The van der Waals surface area contributed by atoms with Gasteiger partial charge in [-0.2, -0.15) is 4.98 Å². The van der Waals surface area contributed by atoms with Gasteiger partial charge in [0.15, 0.2) is 0 Å². The van der Waals surface area contributed by atoms with Crippen molar-refractivity contribution in [1.82, 2.24) is 24.4 Å². The van der Waals surface area contributed by atoms with E-state index in [1.807, 2.05) is 42.7 Å². The minimum Gasteiger partial charge on any atom is -0.424 e. The van der Waals surface area contributed by atoms with Crippen molar-refractivity contribution < 1.29 is 13.9 Å². The summed E-state index contributed by atoms with van der Waals surface area (Å²) >= 11 is 0. The number of benzene rings is 2. The van der Waals surface area contributed by atoms with Gasteiger partial charge in [0.2, 0.25) is 0 Å². The molecule has 4 aromatic rings. The number of hydrogen-bond donors (Lipinski definition) is 0. The Balaban J connectivity index is 1.44. The molecule has 2 aromatic carbocycles. The van der Waals surface area contributed by atoms with Crippen LogP contribution in [0.5, 0.6) is 11.8 Å². The molecular formula is C26H26FN5O2. The fourth-order valence-corrected chi connectivity index (χ4v) is 4.04. The second-order valence-electron chi connectivity index (χ2n) is 8.09. The second kappa shape index (κ2) is 10.5. The van der Waals surface area contributed by atoms with E-state index >= 15 is 0 Å². The molecular weight excluding hydrogens is 433 g/mol. The van der Waals surface area contributed by atoms with Crippen LogP contribution in [0.2, 0.25) is 0 Å². The Bertz CT molecular complexity index is 1210. The van der Waals surface area contributed by atoms with Crippen LogP contribution in [0.1, 0.15) is 6.42 Å². The summed E-state index contributed by atoms with van der Waals surface area (Å²) < 4.78 is 27.0. The summed E-state index contributed by atoms with van der Waals surface area (Å²) in [6.07, 6.45) is 4.47. The van der Waals surface area contributed by atoms with Crippen molar-refractivity contribution in [2.45, 2.75) is 13.0 Å². The number of aryl methyl sites for hydroxylation is 1. The van der Waals surface area contributed by atoms with Crippen LogP contribution in [0.15, 0.2) is 73.2 Å². The summed E-state index contributed by atoms with van der Waals surface area (Å²) in [7, 11) is 0. The van der Waals surface area contributed by atoms with Crippen LogP contribution >= 0.6 is 0 Å². The molecule has 8 heteroatoms. The van der Waals surface area contributed by atoms with Crippen LogP contribution in [0, 0.1) is 5.82 Å². The third-order valence-corrected chi connectivity index (χ3v) is 5.76. The molecule has 7 nitrogen and oxygen atoms in total. The minimum absolute atomic E-state index is 0.259. The molecule has 0 atom stereocenters. The van der Waals surface area contributed by atoms with Gasteiger partial charge < -0.3 is 14.0 Å². The fourth-order valence-electron chi connectivity index (χ4n) is 4.04. The number of morpholine rings is 1. The average Bonchev–Trinajstić information content (AvgIpc) is 3.30. The Morgan fingerprint density at radius 1 is 0.912 bits per heavy atom. The van der Waals surface area contributed by atoms with E-state index in [1.54, 1.807) is 18.3 Å². The van der Waals surface area contributed by atoms with Crippen molar-refractivity contribution in [3.63, 3.8) is 0 Å². The maximum Gasteiger partial charge on any atom is 0.322 e. The van der Waals surface area contributed by atoms with Crippen molar-refractivity contribution >= 4 is 0 Å². The number of rotatable bonds is 8. The van der Waals surface area contributed by atoms with Crippen LogP contribution < -0.4 is 4.74 Å². The molecule has 0 saturated carbocycles. The predicted octanol–water partition coefficient (Wildman–Crippen LogP) is 4.66. The molecule has 2 aromatic heterocycles. The standard InChI is InChI=1S/C26H26FN5O2/c27-21-9-7-20(8-10-21)24-25(32(19-29-24)14-4-13-31-15-17-33-18-16-31)23-11-12-28-26(30-23)34-22-5-2-1-3-6-22/h1-3,5-12,19H,4,13-18H2. The summed E-state index contributed by atoms with van der Waals surface area (Å²) in [6, 6.07) is 17.9. The topological polar surface area (TPSA) is 65.3 Å². The Kier molecular flexibility index (Phi) is 6.88. The zero-order chi connectivity index (χ0) is 23.2. The first-order valence-corrected chi connectivity index (χ1v) is 11.4. The van der Waals surface area contributed by atoms with Crippen molar-refractivity contribution in [3.05, 3.63) is 79.0 Å². The number of aromatic nitrogens is 4. The van der Waals surface area contributed by atoms with Gasteiger partial charge in [-0.3, -0.25) is 4.90 Å². The maximum absolute atomic E-state index is 13.6. The number of hydrogen-bond acceptors (Lipinski definition) is 6. The molecule has 34 heavy (non-hydrogen) atoms. The number of imidazole rings is 1. The summed E-state index contributed by atoms with van der Waals surface area (Å²) in [4.78, 5) is 16.0. The molecule has 1 aliphatic heterocycles. The second-order valence-corrected chi connectivity index (χ2v) is 8.09. The zero-order valence-electron chi connectivity index (χ0n) is 18.8. The van der Waals surface area contributed by atoms with Crippen LogP contribution in [-0.2, 0) is 11.3 Å². The van der Waals surface area contributed by atoms with Crippen molar-refractivity contribution in [2.75, 3.05) is 32.8 Å². The number of nitrogens with zero attached hydrogens (tertiary/aromatic N) is 5. The quantitative estimate of drug-likeness (QED) is 0.382. The molecule has 1 saturated heterocycles. The largest absolute Gasteiger partial charge is 0.424 e. The van der Waals surface area contributed by atoms with Gasteiger partial charge in [-0.15, -0.1) is 0 Å². The third-order valence-electron chi connectivity index (χ3n) is 5.76. The van der Waals surface area contributed by atoms with Crippen LogP contribution in [0.25, 0.3) is 22.6 Å². The monoisotopic (exact) mass is 459 g/mol. The highest BCUT2D eigenvalue weighted by atomic mass is 19.1. The molecule has 3 heterocycles. The normalized spacial score (nSPS) is 14.3. The Labute approximate surface area is 197 Å². The highest BCUT2D eigenvalue weighted by Gasteiger charge is 2.18. The summed E-state index contributed by atoms with van der Waals surface area (Å²) in [6.45, 7) is 5.26. The molecule has 0 unspecified atom stereocenters. The predicted molar refractivity (Wildman–Crippen MR) is 127 cm³/mol. The van der Waals surface area contributed by atoms with Gasteiger partial charge >= 0.3 is 6.01 Å². The van der Waals surface area contributed by atoms with Crippen molar-refractivity contribution in [3.8, 4) is 34.4 Å². The minimum atomic E-state index is -0.282. The molecule has 0 N–H and O–H groups in total. The molecule has 1 fully saturated rings. The van der Waals surface area contributed by atoms with E-state index < -0.39 is 0 Å². The van der Waals surface area contributed by atoms with Gasteiger partial charge in [0.05, 0.1) is 36.6 Å². The molecule has 5 rings (SSSR count). The first-order chi connectivity index (χ1) is 16.8. The zero-order valence-corrected chi connectivity index (χ0v) is 18.8. The van der Waals surface area contributed by atoms with E-state index in [0.717, 1.165) is 62.8 Å². The van der Waals surface area contributed by atoms with Crippen molar-refractivity contribution in [2.24, 2.45) is 0 Å². The van der Waals surface area contributed by atoms with E-state index in [0.29, 0.717) is 11.4 Å². The molecule has 0 amide bonds. The van der Waals surface area contributed by atoms with E-state index in [4.69, 9.17) is 9.47 Å². The van der Waals surface area contributed by atoms with E-state index in [-0.39, 0.29) is 11.8 Å². The Morgan fingerprint density at radius 3 is 2.50 bits per heavy atom.